The van der Waals surface area contributed by atoms with Crippen molar-refractivity contribution in [1.82, 2.24) is 20.5 Å². The highest BCUT2D eigenvalue weighted by molar-refractivity contribution is 14.0. The number of benzene rings is 1. The number of aliphatic imine (C=N–C) groups is 1. The molecule has 0 bridgehead atoms. The molecule has 3 N–H and O–H groups in total. The quantitative estimate of drug-likeness (QED) is 0.245. The van der Waals surface area contributed by atoms with E-state index in [-0.39, 0.29) is 42.8 Å². The number of sulfonamides is 1. The molecule has 0 saturated heterocycles. The number of nitrogens with zero attached hydrogens (tertiary/aromatic N) is 2. The van der Waals surface area contributed by atoms with Crippen molar-refractivity contribution in [2.75, 3.05) is 19.3 Å². The number of aromatic nitrogens is 1. The van der Waals surface area contributed by atoms with Crippen LogP contribution in [0.5, 0.6) is 0 Å². The van der Waals surface area contributed by atoms with Gasteiger partial charge in [0.25, 0.3) is 0 Å². The molecule has 0 spiro atoms. The second kappa shape index (κ2) is 12.8. The summed E-state index contributed by atoms with van der Waals surface area (Å²) >= 11 is 0. The normalized spacial score (nSPS) is 11.8. The van der Waals surface area contributed by atoms with E-state index < -0.39 is 10.0 Å². The molecule has 0 amide bonds. The zero-order chi connectivity index (χ0) is 20.4. The number of hydrogen-bond donors (Lipinski definition) is 3. The lowest BCUT2D eigenvalue weighted by molar-refractivity contribution is 0.380. The first-order chi connectivity index (χ1) is 13.5. The van der Waals surface area contributed by atoms with Crippen LogP contribution in [0.2, 0.25) is 0 Å². The molecule has 0 fully saturated rings. The first kappa shape index (κ1) is 25.4. The number of guanidine groups is 1. The van der Waals surface area contributed by atoms with Gasteiger partial charge in [-0.15, -0.1) is 24.0 Å². The zero-order valence-corrected chi connectivity index (χ0v) is 20.2. The topological polar surface area (TPSA) is 109 Å². The van der Waals surface area contributed by atoms with Crippen LogP contribution in [0.1, 0.15) is 36.4 Å². The van der Waals surface area contributed by atoms with E-state index in [1.165, 1.54) is 0 Å². The van der Waals surface area contributed by atoms with E-state index in [0.29, 0.717) is 12.5 Å². The van der Waals surface area contributed by atoms with Gasteiger partial charge in [-0.3, -0.25) is 4.99 Å². The van der Waals surface area contributed by atoms with Gasteiger partial charge < -0.3 is 15.2 Å². The molecule has 0 atom stereocenters. The summed E-state index contributed by atoms with van der Waals surface area (Å²) in [6.07, 6.45) is 1.55. The fourth-order valence-electron chi connectivity index (χ4n) is 2.70. The van der Waals surface area contributed by atoms with Gasteiger partial charge in [-0.25, -0.2) is 13.1 Å². The van der Waals surface area contributed by atoms with Crippen molar-refractivity contribution < 1.29 is 12.9 Å². The molecule has 0 unspecified atom stereocenters. The fraction of sp³-hybridized carbons (Fsp3) is 0.474. The molecule has 8 nitrogen and oxygen atoms in total. The summed E-state index contributed by atoms with van der Waals surface area (Å²) in [7, 11) is -1.74. The monoisotopic (exact) mass is 535 g/mol. The van der Waals surface area contributed by atoms with Gasteiger partial charge in [0.05, 0.1) is 11.4 Å². The summed E-state index contributed by atoms with van der Waals surface area (Å²) in [5, 5.41) is 10.3. The van der Waals surface area contributed by atoms with E-state index in [9.17, 15) is 8.42 Å². The minimum atomic E-state index is -3.38. The van der Waals surface area contributed by atoms with Crippen molar-refractivity contribution in [2.45, 2.75) is 39.8 Å². The van der Waals surface area contributed by atoms with E-state index in [1.807, 2.05) is 44.2 Å². The third kappa shape index (κ3) is 8.31. The second-order valence-corrected chi connectivity index (χ2v) is 8.14. The van der Waals surface area contributed by atoms with Gasteiger partial charge in [0.15, 0.2) is 5.96 Å². The molecule has 0 aliphatic heterocycles. The average Bonchev–Trinajstić information content (AvgIpc) is 3.11. The highest BCUT2D eigenvalue weighted by atomic mass is 127. The minimum Gasteiger partial charge on any atom is -0.361 e. The zero-order valence-electron chi connectivity index (χ0n) is 17.1. The lowest BCUT2D eigenvalue weighted by atomic mass is 10.1. The summed E-state index contributed by atoms with van der Waals surface area (Å²) in [5.41, 5.74) is 2.88. The van der Waals surface area contributed by atoms with Crippen LogP contribution in [0, 0.1) is 0 Å². The van der Waals surface area contributed by atoms with Crippen molar-refractivity contribution in [1.29, 1.82) is 0 Å². The Bertz CT molecular complexity index is 848. The van der Waals surface area contributed by atoms with Gasteiger partial charge in [-0.1, -0.05) is 49.3 Å². The molecule has 2 aromatic rings. The predicted octanol–water partition coefficient (Wildman–Crippen LogP) is 2.20. The van der Waals surface area contributed by atoms with Crippen LogP contribution in [0.25, 0.3) is 0 Å². The highest BCUT2D eigenvalue weighted by Gasteiger charge is 2.14. The van der Waals surface area contributed by atoms with Crippen molar-refractivity contribution in [3.8, 4) is 0 Å². The largest absolute Gasteiger partial charge is 0.361 e. The summed E-state index contributed by atoms with van der Waals surface area (Å²) in [4.78, 5) is 4.14. The SMILES string of the molecule is CCc1noc(CC)c1CNC(=NC)NCCS(=O)(=O)NCc1ccccc1.I. The van der Waals surface area contributed by atoms with Crippen molar-refractivity contribution >= 4 is 40.0 Å². The summed E-state index contributed by atoms with van der Waals surface area (Å²) in [6.45, 7) is 5.09. The van der Waals surface area contributed by atoms with E-state index in [1.54, 1.807) is 7.05 Å². The minimum absolute atomic E-state index is 0. The first-order valence-corrected chi connectivity index (χ1v) is 11.1. The second-order valence-electron chi connectivity index (χ2n) is 6.22. The molecule has 0 saturated carbocycles. The molecule has 0 aliphatic rings. The Labute approximate surface area is 190 Å². The number of hydrogen-bond acceptors (Lipinski definition) is 5. The van der Waals surface area contributed by atoms with Crippen LogP contribution in [0.3, 0.4) is 0 Å². The number of halogens is 1. The molecule has 10 heteroatoms. The number of nitrogens with one attached hydrogen (secondary N) is 3. The maximum Gasteiger partial charge on any atom is 0.213 e. The average molecular weight is 535 g/mol. The molecular formula is C19H30IN5O3S. The lowest BCUT2D eigenvalue weighted by Crippen LogP contribution is -2.40. The Kier molecular flexibility index (Phi) is 11.2. The highest BCUT2D eigenvalue weighted by Crippen LogP contribution is 2.15. The smallest absolute Gasteiger partial charge is 0.213 e. The Morgan fingerprint density at radius 2 is 1.83 bits per heavy atom. The Balaban J connectivity index is 0.00000420. The van der Waals surface area contributed by atoms with Gasteiger partial charge in [-0.2, -0.15) is 0 Å². The third-order valence-electron chi connectivity index (χ3n) is 4.27. The Morgan fingerprint density at radius 3 is 2.45 bits per heavy atom. The molecule has 162 valence electrons. The van der Waals surface area contributed by atoms with Gasteiger partial charge in [0.1, 0.15) is 5.76 Å². The summed E-state index contributed by atoms with van der Waals surface area (Å²) in [5.74, 6) is 1.34. The lowest BCUT2D eigenvalue weighted by Gasteiger charge is -2.13. The number of rotatable bonds is 10. The first-order valence-electron chi connectivity index (χ1n) is 9.41. The maximum absolute atomic E-state index is 12.2. The van der Waals surface area contributed by atoms with E-state index in [4.69, 9.17) is 4.52 Å². The van der Waals surface area contributed by atoms with Gasteiger partial charge in [0, 0.05) is 38.7 Å². The van der Waals surface area contributed by atoms with Crippen molar-refractivity contribution in [3.05, 3.63) is 52.9 Å². The molecule has 1 heterocycles. The van der Waals surface area contributed by atoms with Gasteiger partial charge >= 0.3 is 0 Å². The van der Waals surface area contributed by atoms with E-state index in [2.05, 4.69) is 25.5 Å². The van der Waals surface area contributed by atoms with Crippen molar-refractivity contribution in [2.24, 2.45) is 4.99 Å². The van der Waals surface area contributed by atoms with E-state index >= 15 is 0 Å². The van der Waals surface area contributed by atoms with Crippen molar-refractivity contribution in [3.63, 3.8) is 0 Å². The van der Waals surface area contributed by atoms with Gasteiger partial charge in [0.2, 0.25) is 10.0 Å². The predicted molar refractivity (Wildman–Crippen MR) is 126 cm³/mol. The summed E-state index contributed by atoms with van der Waals surface area (Å²) in [6, 6.07) is 9.42. The fourth-order valence-corrected chi connectivity index (χ4v) is 3.60. The standard InChI is InChI=1S/C19H29N5O3S.HI/c1-4-17-16(18(5-2)27-24-17)14-22-19(20-3)21-11-12-28(25,26)23-13-15-9-7-6-8-10-15;/h6-10,23H,4-5,11-14H2,1-3H3,(H2,20,21,22);1H. The van der Waals surface area contributed by atoms with Crippen LogP contribution < -0.4 is 15.4 Å². The molecule has 29 heavy (non-hydrogen) atoms. The van der Waals surface area contributed by atoms with Crippen LogP contribution in [-0.4, -0.2) is 38.9 Å². The van der Waals surface area contributed by atoms with Crippen LogP contribution in [-0.2, 0) is 36.0 Å². The maximum atomic E-state index is 12.2. The Morgan fingerprint density at radius 1 is 1.10 bits per heavy atom. The molecule has 2 rings (SSSR count). The van der Waals surface area contributed by atoms with Crippen LogP contribution >= 0.6 is 24.0 Å². The number of aryl methyl sites for hydroxylation is 2. The van der Waals surface area contributed by atoms with Crippen LogP contribution in [0.15, 0.2) is 39.8 Å². The molecular weight excluding hydrogens is 505 g/mol. The van der Waals surface area contributed by atoms with Crippen LogP contribution in [0.4, 0.5) is 0 Å². The van der Waals surface area contributed by atoms with Gasteiger partial charge in [-0.05, 0) is 12.0 Å². The molecule has 1 aromatic carbocycles. The molecule has 0 radical (unpaired) electrons. The Hall–Kier alpha value is -1.66. The third-order valence-corrected chi connectivity index (χ3v) is 5.59. The summed E-state index contributed by atoms with van der Waals surface area (Å²) < 4.78 is 32.3. The molecule has 0 aliphatic carbocycles. The van der Waals surface area contributed by atoms with E-state index in [0.717, 1.165) is 35.4 Å². The molecule has 1 aromatic heterocycles.